The van der Waals surface area contributed by atoms with Crippen molar-refractivity contribution in [2.45, 2.75) is 56.7 Å². The highest BCUT2D eigenvalue weighted by atomic mass is 16.3. The minimum Gasteiger partial charge on any atom is -0.391 e. The fourth-order valence-electron chi connectivity index (χ4n) is 3.74. The van der Waals surface area contributed by atoms with E-state index in [0.29, 0.717) is 18.9 Å². The van der Waals surface area contributed by atoms with E-state index < -0.39 is 6.10 Å². The molecule has 1 aliphatic carbocycles. The van der Waals surface area contributed by atoms with Crippen LogP contribution in [-0.2, 0) is 17.8 Å². The number of carbonyl (C=O) groups is 1. The van der Waals surface area contributed by atoms with Crippen molar-refractivity contribution in [1.82, 2.24) is 14.7 Å². The van der Waals surface area contributed by atoms with Crippen LogP contribution in [-0.4, -0.2) is 44.4 Å². The third kappa shape index (κ3) is 3.76. The molecule has 1 saturated heterocycles. The standard InChI is InChI=1S/C20H25N3O2/c24-19-7-4-11-23(18(19)13-15-5-2-1-3-6-15)20(25)14-22-12-10-17(21-22)16-8-9-16/h1-3,5-6,10,12,16,18-19,24H,4,7-9,11,13-14H2/t18-,19-/m0/s1. The predicted octanol–water partition coefficient (Wildman–Crippen LogP) is 2.36. The van der Waals surface area contributed by atoms with Gasteiger partial charge in [-0.25, -0.2) is 0 Å². The Morgan fingerprint density at radius 2 is 1.96 bits per heavy atom. The molecule has 132 valence electrons. The minimum atomic E-state index is -0.461. The Kier molecular flexibility index (Phi) is 4.57. The van der Waals surface area contributed by atoms with Crippen molar-refractivity contribution >= 4 is 5.91 Å². The average Bonchev–Trinajstić information content (AvgIpc) is 3.37. The fraction of sp³-hybridized carbons (Fsp3) is 0.500. The molecule has 1 N–H and O–H groups in total. The molecular formula is C20H25N3O2. The molecule has 0 spiro atoms. The van der Waals surface area contributed by atoms with Crippen molar-refractivity contribution in [1.29, 1.82) is 0 Å². The molecule has 5 nitrogen and oxygen atoms in total. The lowest BCUT2D eigenvalue weighted by molar-refractivity contribution is -0.139. The van der Waals surface area contributed by atoms with Crippen molar-refractivity contribution in [3.05, 3.63) is 53.9 Å². The van der Waals surface area contributed by atoms with E-state index in [4.69, 9.17) is 0 Å². The second-order valence-electron chi connectivity index (χ2n) is 7.27. The molecule has 1 amide bonds. The molecule has 4 rings (SSSR count). The Balaban J connectivity index is 1.45. The first kappa shape index (κ1) is 16.3. The second kappa shape index (κ2) is 7.00. The highest BCUT2D eigenvalue weighted by Crippen LogP contribution is 2.38. The average molecular weight is 339 g/mol. The lowest BCUT2D eigenvalue weighted by atomic mass is 9.93. The maximum Gasteiger partial charge on any atom is 0.244 e. The number of nitrogens with zero attached hydrogens (tertiary/aromatic N) is 3. The van der Waals surface area contributed by atoms with Gasteiger partial charge in [-0.05, 0) is 43.7 Å². The van der Waals surface area contributed by atoms with Crippen LogP contribution in [0.5, 0.6) is 0 Å². The normalized spacial score (nSPS) is 23.6. The molecule has 1 saturated carbocycles. The summed E-state index contributed by atoms with van der Waals surface area (Å²) in [5.74, 6) is 0.643. The Morgan fingerprint density at radius 1 is 1.16 bits per heavy atom. The molecule has 1 aromatic heterocycles. The van der Waals surface area contributed by atoms with E-state index in [1.807, 2.05) is 35.4 Å². The van der Waals surface area contributed by atoms with Gasteiger partial charge in [0.1, 0.15) is 6.54 Å². The first-order valence-electron chi connectivity index (χ1n) is 9.25. The Morgan fingerprint density at radius 3 is 2.72 bits per heavy atom. The first-order valence-corrected chi connectivity index (χ1v) is 9.25. The van der Waals surface area contributed by atoms with Crippen molar-refractivity contribution < 1.29 is 9.90 Å². The van der Waals surface area contributed by atoms with Crippen molar-refractivity contribution in [3.63, 3.8) is 0 Å². The monoisotopic (exact) mass is 339 g/mol. The largest absolute Gasteiger partial charge is 0.391 e. The number of hydrogen-bond acceptors (Lipinski definition) is 3. The molecule has 2 aromatic rings. The molecule has 2 fully saturated rings. The van der Waals surface area contributed by atoms with Crippen LogP contribution in [0.4, 0.5) is 0 Å². The number of likely N-dealkylation sites (tertiary alicyclic amines) is 1. The molecule has 25 heavy (non-hydrogen) atoms. The predicted molar refractivity (Wildman–Crippen MR) is 95.1 cm³/mol. The van der Waals surface area contributed by atoms with E-state index in [0.717, 1.165) is 24.1 Å². The summed E-state index contributed by atoms with van der Waals surface area (Å²) in [7, 11) is 0. The summed E-state index contributed by atoms with van der Waals surface area (Å²) in [6.07, 6.45) is 6.17. The molecule has 1 aliphatic heterocycles. The van der Waals surface area contributed by atoms with Crippen molar-refractivity contribution in [2.75, 3.05) is 6.54 Å². The van der Waals surface area contributed by atoms with Crippen LogP contribution in [0.1, 0.15) is 42.9 Å². The number of aliphatic hydroxyl groups is 1. The van der Waals surface area contributed by atoms with E-state index in [-0.39, 0.29) is 18.5 Å². The van der Waals surface area contributed by atoms with Gasteiger partial charge in [-0.2, -0.15) is 5.10 Å². The highest BCUT2D eigenvalue weighted by molar-refractivity contribution is 5.76. The fourth-order valence-corrected chi connectivity index (χ4v) is 3.74. The molecule has 1 aromatic carbocycles. The molecule has 0 radical (unpaired) electrons. The van der Waals surface area contributed by atoms with Gasteiger partial charge in [0, 0.05) is 18.7 Å². The quantitative estimate of drug-likeness (QED) is 0.910. The van der Waals surface area contributed by atoms with E-state index >= 15 is 0 Å². The number of amides is 1. The maximum atomic E-state index is 12.9. The van der Waals surface area contributed by atoms with Crippen molar-refractivity contribution in [2.24, 2.45) is 0 Å². The van der Waals surface area contributed by atoms with E-state index in [9.17, 15) is 9.90 Å². The Hall–Kier alpha value is -2.14. The van der Waals surface area contributed by atoms with Crippen LogP contribution in [0.3, 0.4) is 0 Å². The molecule has 2 heterocycles. The molecule has 5 heteroatoms. The Bertz CT molecular complexity index is 724. The van der Waals surface area contributed by atoms with Gasteiger partial charge in [-0.15, -0.1) is 0 Å². The van der Waals surface area contributed by atoms with Gasteiger partial charge in [-0.1, -0.05) is 30.3 Å². The molecular weight excluding hydrogens is 314 g/mol. The second-order valence-corrected chi connectivity index (χ2v) is 7.27. The van der Waals surface area contributed by atoms with Gasteiger partial charge in [0.2, 0.25) is 5.91 Å². The van der Waals surface area contributed by atoms with Gasteiger partial charge in [0.25, 0.3) is 0 Å². The SMILES string of the molecule is O=C(Cn1ccc(C2CC2)n1)N1CCC[C@H](O)[C@@H]1Cc1ccccc1. The summed E-state index contributed by atoms with van der Waals surface area (Å²) in [5, 5.41) is 15.0. The van der Waals surface area contributed by atoms with Gasteiger partial charge in [0.15, 0.2) is 0 Å². The number of aliphatic hydroxyl groups excluding tert-OH is 1. The van der Waals surface area contributed by atoms with Gasteiger partial charge in [-0.3, -0.25) is 9.48 Å². The Labute approximate surface area is 148 Å². The number of rotatable bonds is 5. The van der Waals surface area contributed by atoms with Gasteiger partial charge < -0.3 is 10.0 Å². The van der Waals surface area contributed by atoms with Gasteiger partial charge in [0.05, 0.1) is 17.8 Å². The number of aromatic nitrogens is 2. The van der Waals surface area contributed by atoms with E-state index in [1.165, 1.54) is 12.8 Å². The van der Waals surface area contributed by atoms with E-state index in [1.54, 1.807) is 4.68 Å². The zero-order chi connectivity index (χ0) is 17.2. The lowest BCUT2D eigenvalue weighted by Crippen LogP contribution is -2.53. The molecule has 2 atom stereocenters. The number of benzene rings is 1. The van der Waals surface area contributed by atoms with Crippen LogP contribution >= 0.6 is 0 Å². The van der Waals surface area contributed by atoms with Crippen molar-refractivity contribution in [3.8, 4) is 0 Å². The van der Waals surface area contributed by atoms with E-state index in [2.05, 4.69) is 17.2 Å². The maximum absolute atomic E-state index is 12.9. The topological polar surface area (TPSA) is 58.4 Å². The zero-order valence-electron chi connectivity index (χ0n) is 14.4. The van der Waals surface area contributed by atoms with Crippen LogP contribution in [0, 0.1) is 0 Å². The summed E-state index contributed by atoms with van der Waals surface area (Å²) in [6, 6.07) is 12.0. The smallest absolute Gasteiger partial charge is 0.244 e. The number of carbonyl (C=O) groups excluding carboxylic acids is 1. The summed E-state index contributed by atoms with van der Waals surface area (Å²) in [4.78, 5) is 14.7. The first-order chi connectivity index (χ1) is 12.2. The third-order valence-electron chi connectivity index (χ3n) is 5.31. The van der Waals surface area contributed by atoms with Crippen LogP contribution in [0.2, 0.25) is 0 Å². The third-order valence-corrected chi connectivity index (χ3v) is 5.31. The molecule has 0 bridgehead atoms. The van der Waals surface area contributed by atoms with Gasteiger partial charge >= 0.3 is 0 Å². The minimum absolute atomic E-state index is 0.0464. The zero-order valence-corrected chi connectivity index (χ0v) is 14.4. The lowest BCUT2D eigenvalue weighted by Gasteiger charge is -2.39. The number of hydrogen-bond donors (Lipinski definition) is 1. The van der Waals surface area contributed by atoms with Crippen LogP contribution < -0.4 is 0 Å². The summed E-state index contributed by atoms with van der Waals surface area (Å²) < 4.78 is 1.75. The molecule has 2 aliphatic rings. The number of piperidine rings is 1. The van der Waals surface area contributed by atoms with Crippen LogP contribution in [0.25, 0.3) is 0 Å². The molecule has 0 unspecified atom stereocenters. The summed E-state index contributed by atoms with van der Waals surface area (Å²) in [6.45, 7) is 0.967. The summed E-state index contributed by atoms with van der Waals surface area (Å²) >= 11 is 0. The summed E-state index contributed by atoms with van der Waals surface area (Å²) in [5.41, 5.74) is 2.26. The highest BCUT2D eigenvalue weighted by Gasteiger charge is 2.33. The van der Waals surface area contributed by atoms with Crippen LogP contribution in [0.15, 0.2) is 42.6 Å².